The lowest BCUT2D eigenvalue weighted by atomic mass is 10.2. The van der Waals surface area contributed by atoms with Gasteiger partial charge in [0.05, 0.1) is 6.26 Å². The molecule has 1 aromatic rings. The van der Waals surface area contributed by atoms with Gasteiger partial charge in [-0.3, -0.25) is 4.99 Å². The van der Waals surface area contributed by atoms with Crippen molar-refractivity contribution in [2.45, 2.75) is 31.9 Å². The minimum atomic E-state index is -4.08. The summed E-state index contributed by atoms with van der Waals surface area (Å²) < 4.78 is 41.5. The lowest BCUT2D eigenvalue weighted by molar-refractivity contribution is -0.135. The zero-order valence-corrected chi connectivity index (χ0v) is 16.8. The Bertz CT molecular complexity index is 442. The molecule has 0 aliphatic carbocycles. The molecule has 0 atom stereocenters. The summed E-state index contributed by atoms with van der Waals surface area (Å²) in [5.74, 6) is 2.45. The lowest BCUT2D eigenvalue weighted by Gasteiger charge is -2.12. The van der Waals surface area contributed by atoms with E-state index in [2.05, 4.69) is 15.6 Å². The number of guanidine groups is 1. The molecule has 9 heteroatoms. The van der Waals surface area contributed by atoms with E-state index in [1.807, 2.05) is 18.4 Å². The number of thioether (sulfide) groups is 1. The number of hydrogen-bond acceptors (Lipinski definition) is 3. The second-order valence-corrected chi connectivity index (χ2v) is 5.96. The van der Waals surface area contributed by atoms with Gasteiger partial charge in [0, 0.05) is 38.2 Å². The molecular formula is C15H25F3IN3OS. The monoisotopic (exact) mass is 479 g/mol. The molecule has 0 aliphatic heterocycles. The summed E-state index contributed by atoms with van der Waals surface area (Å²) in [6.07, 6.45) is 0.0741. The first-order chi connectivity index (χ1) is 11.0. The average molecular weight is 479 g/mol. The number of nitrogens with zero attached hydrogens (tertiary/aromatic N) is 1. The molecule has 1 aromatic heterocycles. The summed E-state index contributed by atoms with van der Waals surface area (Å²) in [6.45, 7) is 1.79. The fraction of sp³-hybridized carbons (Fsp3) is 0.667. The summed E-state index contributed by atoms with van der Waals surface area (Å²) in [4.78, 5) is 4.32. The molecule has 0 saturated carbocycles. The van der Waals surface area contributed by atoms with Crippen molar-refractivity contribution in [2.24, 2.45) is 4.99 Å². The Morgan fingerprint density at radius 1 is 1.25 bits per heavy atom. The zero-order chi connectivity index (χ0) is 17.0. The molecule has 0 unspecified atom stereocenters. The first kappa shape index (κ1) is 23.4. The Morgan fingerprint density at radius 2 is 2.00 bits per heavy atom. The third kappa shape index (κ3) is 12.8. The SMILES string of the molecule is CSCCNC(=NCCCCC(F)(F)F)NCCc1ccco1.I. The van der Waals surface area contributed by atoms with E-state index in [4.69, 9.17) is 4.42 Å². The maximum atomic E-state index is 12.1. The highest BCUT2D eigenvalue weighted by Gasteiger charge is 2.25. The number of hydrogen-bond donors (Lipinski definition) is 2. The Morgan fingerprint density at radius 3 is 2.62 bits per heavy atom. The van der Waals surface area contributed by atoms with Crippen LogP contribution >= 0.6 is 35.7 Å². The number of nitrogens with one attached hydrogen (secondary N) is 2. The molecule has 0 aliphatic rings. The molecule has 1 rings (SSSR count). The Balaban J connectivity index is 0.00000529. The number of furan rings is 1. The molecule has 0 aromatic carbocycles. The molecule has 0 saturated heterocycles. The number of alkyl halides is 3. The smallest absolute Gasteiger partial charge is 0.389 e. The summed E-state index contributed by atoms with van der Waals surface area (Å²) in [7, 11) is 0. The highest BCUT2D eigenvalue weighted by atomic mass is 127. The van der Waals surface area contributed by atoms with E-state index in [1.54, 1.807) is 18.0 Å². The van der Waals surface area contributed by atoms with Crippen LogP contribution in [0.15, 0.2) is 27.8 Å². The first-order valence-electron chi connectivity index (χ1n) is 7.61. The van der Waals surface area contributed by atoms with E-state index in [0.29, 0.717) is 25.5 Å². The van der Waals surface area contributed by atoms with Gasteiger partial charge in [0.15, 0.2) is 5.96 Å². The van der Waals surface area contributed by atoms with Crippen molar-refractivity contribution in [2.75, 3.05) is 31.6 Å². The van der Waals surface area contributed by atoms with Gasteiger partial charge in [-0.15, -0.1) is 24.0 Å². The second-order valence-electron chi connectivity index (χ2n) is 4.98. The van der Waals surface area contributed by atoms with Crippen LogP contribution in [0.4, 0.5) is 13.2 Å². The van der Waals surface area contributed by atoms with Crippen LogP contribution in [0.25, 0.3) is 0 Å². The highest BCUT2D eigenvalue weighted by Crippen LogP contribution is 2.21. The predicted molar refractivity (Wildman–Crippen MR) is 104 cm³/mol. The van der Waals surface area contributed by atoms with Gasteiger partial charge in [0.1, 0.15) is 5.76 Å². The number of rotatable bonds is 10. The molecule has 24 heavy (non-hydrogen) atoms. The quantitative estimate of drug-likeness (QED) is 0.230. The van der Waals surface area contributed by atoms with E-state index in [-0.39, 0.29) is 30.4 Å². The molecule has 2 N–H and O–H groups in total. The molecule has 4 nitrogen and oxygen atoms in total. The average Bonchev–Trinajstić information content (AvgIpc) is 2.98. The van der Waals surface area contributed by atoms with Crippen molar-refractivity contribution in [1.29, 1.82) is 0 Å². The van der Waals surface area contributed by atoms with Crippen LogP contribution in [0.2, 0.25) is 0 Å². The Kier molecular flexibility index (Phi) is 13.4. The summed E-state index contributed by atoms with van der Waals surface area (Å²) in [5.41, 5.74) is 0. The van der Waals surface area contributed by atoms with Crippen LogP contribution in [0, 0.1) is 0 Å². The van der Waals surface area contributed by atoms with Crippen molar-refractivity contribution >= 4 is 41.7 Å². The van der Waals surface area contributed by atoms with Crippen LogP contribution in [-0.4, -0.2) is 43.8 Å². The van der Waals surface area contributed by atoms with E-state index in [9.17, 15) is 13.2 Å². The largest absolute Gasteiger partial charge is 0.469 e. The summed E-state index contributed by atoms with van der Waals surface area (Å²) >= 11 is 1.71. The van der Waals surface area contributed by atoms with Crippen LogP contribution < -0.4 is 10.6 Å². The molecule has 0 radical (unpaired) electrons. The summed E-state index contributed by atoms with van der Waals surface area (Å²) in [5, 5.41) is 6.34. The van der Waals surface area contributed by atoms with Gasteiger partial charge >= 0.3 is 6.18 Å². The number of unbranched alkanes of at least 4 members (excludes halogenated alkanes) is 1. The Labute approximate surface area is 162 Å². The predicted octanol–water partition coefficient (Wildman–Crippen LogP) is 4.07. The summed E-state index contributed by atoms with van der Waals surface area (Å²) in [6, 6.07) is 3.73. The third-order valence-electron chi connectivity index (χ3n) is 2.98. The van der Waals surface area contributed by atoms with E-state index in [1.165, 1.54) is 0 Å². The third-order valence-corrected chi connectivity index (χ3v) is 3.59. The van der Waals surface area contributed by atoms with Gasteiger partial charge in [0.2, 0.25) is 0 Å². The van der Waals surface area contributed by atoms with Crippen molar-refractivity contribution in [3.63, 3.8) is 0 Å². The maximum Gasteiger partial charge on any atom is 0.389 e. The molecule has 0 amide bonds. The van der Waals surface area contributed by atoms with Crippen LogP contribution in [0.3, 0.4) is 0 Å². The van der Waals surface area contributed by atoms with Crippen LogP contribution in [0.5, 0.6) is 0 Å². The van der Waals surface area contributed by atoms with E-state index < -0.39 is 12.6 Å². The van der Waals surface area contributed by atoms with Gasteiger partial charge in [-0.2, -0.15) is 24.9 Å². The van der Waals surface area contributed by atoms with Gasteiger partial charge in [0.25, 0.3) is 0 Å². The van der Waals surface area contributed by atoms with Crippen molar-refractivity contribution in [3.05, 3.63) is 24.2 Å². The number of aliphatic imine (C=N–C) groups is 1. The topological polar surface area (TPSA) is 49.6 Å². The molecule has 140 valence electrons. The van der Waals surface area contributed by atoms with Crippen LogP contribution in [0.1, 0.15) is 25.0 Å². The van der Waals surface area contributed by atoms with E-state index >= 15 is 0 Å². The van der Waals surface area contributed by atoms with E-state index in [0.717, 1.165) is 24.5 Å². The lowest BCUT2D eigenvalue weighted by Crippen LogP contribution is -2.39. The molecule has 0 fully saturated rings. The fourth-order valence-corrected chi connectivity index (χ4v) is 2.14. The minimum Gasteiger partial charge on any atom is -0.469 e. The van der Waals surface area contributed by atoms with Crippen LogP contribution in [-0.2, 0) is 6.42 Å². The zero-order valence-electron chi connectivity index (χ0n) is 13.7. The second kappa shape index (κ2) is 13.7. The minimum absolute atomic E-state index is 0. The van der Waals surface area contributed by atoms with Crippen molar-refractivity contribution in [3.8, 4) is 0 Å². The van der Waals surface area contributed by atoms with Gasteiger partial charge < -0.3 is 15.1 Å². The fourth-order valence-electron chi connectivity index (χ4n) is 1.83. The van der Waals surface area contributed by atoms with Gasteiger partial charge in [-0.05, 0) is 31.2 Å². The number of halogens is 4. The maximum absolute atomic E-state index is 12.1. The van der Waals surface area contributed by atoms with Gasteiger partial charge in [-0.25, -0.2) is 0 Å². The molecule has 1 heterocycles. The molecular weight excluding hydrogens is 454 g/mol. The normalized spacial score (nSPS) is 11.9. The standard InChI is InChI=1S/C15H24F3N3OS.HI/c1-23-12-10-21-14(19-8-3-2-7-15(16,17)18)20-9-6-13-5-4-11-22-13;/h4-5,11H,2-3,6-10,12H2,1H3,(H2,19,20,21);1H. The van der Waals surface area contributed by atoms with Gasteiger partial charge in [-0.1, -0.05) is 0 Å². The Hall–Kier alpha value is -0.580. The van der Waals surface area contributed by atoms with Crippen molar-refractivity contribution < 1.29 is 17.6 Å². The highest BCUT2D eigenvalue weighted by molar-refractivity contribution is 14.0. The molecule has 0 bridgehead atoms. The molecule has 0 spiro atoms. The van der Waals surface area contributed by atoms with Crippen molar-refractivity contribution in [1.82, 2.24) is 10.6 Å². The first-order valence-corrected chi connectivity index (χ1v) is 9.01.